The normalized spacial score (nSPS) is 18.2. The summed E-state index contributed by atoms with van der Waals surface area (Å²) in [5.74, 6) is -0.663. The molecule has 0 spiro atoms. The fourth-order valence-corrected chi connectivity index (χ4v) is 9.15. The highest BCUT2D eigenvalue weighted by atomic mass is 28.4. The molecule has 2 amide bonds. The van der Waals surface area contributed by atoms with Gasteiger partial charge >= 0.3 is 0 Å². The fourth-order valence-electron chi connectivity index (χ4n) is 7.86. The van der Waals surface area contributed by atoms with E-state index in [1.807, 2.05) is 60.7 Å². The molecule has 5 atom stereocenters. The number of methoxy groups -OCH3 is 1. The highest BCUT2D eigenvalue weighted by Crippen LogP contribution is 2.45. The maximum atomic E-state index is 14.3. The average Bonchev–Trinajstić information content (AvgIpc) is 3.88. The number of imidazole rings is 1. The van der Waals surface area contributed by atoms with Gasteiger partial charge in [0.15, 0.2) is 31.5 Å². The summed E-state index contributed by atoms with van der Waals surface area (Å²) in [6.45, 7) is 10.7. The average molecular weight is 876 g/mol. The standard InChI is InChI=1S/C51H53N5O7Si/c1-51(2,3)64(5,6)63-45-43(57)40(31-61-44(36-27-29-39(60-4)30-28-36)41(34-19-11-7-12-20-34)35-21-13-8-14-22-35)62-50(45)55-33-54-42-46(55)52-32-53-47(42)56(48(58)37-23-15-9-16-24-37)49(59)38-25-17-10-18-26-38/h7-30,32-33,40-41,43-45,50,57H,31H2,1-6H3/t40-,43-,44?,45-,50-/m1/s1. The molecule has 12 nitrogen and oxygen atoms in total. The number of amides is 2. The summed E-state index contributed by atoms with van der Waals surface area (Å²) in [5, 5.41) is 12.2. The van der Waals surface area contributed by atoms with Crippen LogP contribution in [0.5, 0.6) is 5.75 Å². The molecule has 8 rings (SSSR count). The van der Waals surface area contributed by atoms with Crippen molar-refractivity contribution < 1.29 is 33.3 Å². The summed E-state index contributed by atoms with van der Waals surface area (Å²) >= 11 is 0. The summed E-state index contributed by atoms with van der Waals surface area (Å²) < 4.78 is 28.1. The topological polar surface area (TPSA) is 138 Å². The van der Waals surface area contributed by atoms with Gasteiger partial charge in [0.1, 0.15) is 30.4 Å². The number of imide groups is 1. The Morgan fingerprint density at radius 2 is 1.28 bits per heavy atom. The maximum Gasteiger partial charge on any atom is 0.266 e. The van der Waals surface area contributed by atoms with Crippen LogP contribution in [0.3, 0.4) is 0 Å². The lowest BCUT2D eigenvalue weighted by molar-refractivity contribution is -0.0840. The summed E-state index contributed by atoms with van der Waals surface area (Å²) in [4.78, 5) is 43.4. The van der Waals surface area contributed by atoms with E-state index >= 15 is 0 Å². The Kier molecular flexibility index (Phi) is 13.0. The van der Waals surface area contributed by atoms with Crippen LogP contribution in [0.15, 0.2) is 158 Å². The van der Waals surface area contributed by atoms with E-state index in [9.17, 15) is 14.7 Å². The van der Waals surface area contributed by atoms with Crippen molar-refractivity contribution in [3.8, 4) is 5.75 Å². The quantitative estimate of drug-likeness (QED) is 0.0831. The second-order valence-electron chi connectivity index (χ2n) is 17.4. The minimum atomic E-state index is -2.57. The van der Waals surface area contributed by atoms with Crippen LogP contribution in [0.2, 0.25) is 18.1 Å². The number of ether oxygens (including phenoxy) is 3. The van der Waals surface area contributed by atoms with Gasteiger partial charge < -0.3 is 23.7 Å². The Balaban J connectivity index is 1.18. The number of fused-ring (bicyclic) bond motifs is 1. The third kappa shape index (κ3) is 9.03. The lowest BCUT2D eigenvalue weighted by Crippen LogP contribution is -2.48. The number of hydrogen-bond acceptors (Lipinski definition) is 10. The van der Waals surface area contributed by atoms with Gasteiger partial charge in [0.05, 0.1) is 26.1 Å². The summed E-state index contributed by atoms with van der Waals surface area (Å²) in [7, 11) is -0.929. The molecule has 2 aromatic heterocycles. The second kappa shape index (κ2) is 18.8. The van der Waals surface area contributed by atoms with E-state index in [4.69, 9.17) is 23.6 Å². The lowest BCUT2D eigenvalue weighted by Gasteiger charge is -2.40. The van der Waals surface area contributed by atoms with Gasteiger partial charge in [0.25, 0.3) is 11.8 Å². The molecular weight excluding hydrogens is 823 g/mol. The predicted octanol–water partition coefficient (Wildman–Crippen LogP) is 9.56. The highest BCUT2D eigenvalue weighted by molar-refractivity contribution is 6.74. The molecule has 7 aromatic rings. The maximum absolute atomic E-state index is 14.3. The van der Waals surface area contributed by atoms with Gasteiger partial charge in [-0.2, -0.15) is 0 Å². The number of benzene rings is 5. The molecule has 1 aliphatic rings. The van der Waals surface area contributed by atoms with Crippen molar-refractivity contribution in [2.75, 3.05) is 18.6 Å². The van der Waals surface area contributed by atoms with Gasteiger partial charge in [-0.15, -0.1) is 0 Å². The van der Waals surface area contributed by atoms with Crippen LogP contribution in [0, 0.1) is 0 Å². The number of aliphatic hydroxyl groups excluding tert-OH is 1. The summed E-state index contributed by atoms with van der Waals surface area (Å²) in [5.41, 5.74) is 4.09. The molecule has 0 saturated carbocycles. The SMILES string of the molecule is COc1ccc(C(OC[C@H]2O[C@@H](n3cnc4c(N(C(=O)c5ccccc5)C(=O)c5ccccc5)ncnc43)[C@H](O[Si](C)(C)C(C)(C)C)[C@@H]2O)C(c2ccccc2)c2ccccc2)cc1. The van der Waals surface area contributed by atoms with Crippen LogP contribution in [0.4, 0.5) is 5.82 Å². The molecule has 0 aliphatic carbocycles. The molecule has 3 heterocycles. The van der Waals surface area contributed by atoms with E-state index in [1.54, 1.807) is 72.3 Å². The highest BCUT2D eigenvalue weighted by Gasteiger charge is 2.51. The van der Waals surface area contributed by atoms with Gasteiger partial charge in [-0.1, -0.05) is 130 Å². The molecule has 5 aromatic carbocycles. The number of carbonyl (C=O) groups excluding carboxylic acids is 2. The van der Waals surface area contributed by atoms with Crippen LogP contribution >= 0.6 is 0 Å². The molecule has 0 bridgehead atoms. The third-order valence-corrected chi connectivity index (χ3v) is 16.8. The lowest BCUT2D eigenvalue weighted by atomic mass is 9.83. The van der Waals surface area contributed by atoms with Crippen molar-refractivity contribution in [1.82, 2.24) is 19.5 Å². The first kappa shape index (κ1) is 44.3. The minimum Gasteiger partial charge on any atom is -0.497 e. The Hall–Kier alpha value is -6.35. The molecule has 1 N–H and O–H groups in total. The van der Waals surface area contributed by atoms with Crippen LogP contribution in [0.25, 0.3) is 11.2 Å². The van der Waals surface area contributed by atoms with Gasteiger partial charge in [0.2, 0.25) is 0 Å². The first-order chi connectivity index (χ1) is 30.9. The molecule has 1 aliphatic heterocycles. The molecule has 64 heavy (non-hydrogen) atoms. The van der Waals surface area contributed by atoms with Gasteiger partial charge in [0, 0.05) is 17.0 Å². The van der Waals surface area contributed by atoms with Crippen LogP contribution in [-0.4, -0.2) is 76.8 Å². The van der Waals surface area contributed by atoms with Crippen molar-refractivity contribution in [1.29, 1.82) is 0 Å². The third-order valence-electron chi connectivity index (χ3n) is 12.3. The van der Waals surface area contributed by atoms with Gasteiger partial charge in [-0.25, -0.2) is 19.9 Å². The fraction of sp³-hybridized carbons (Fsp3) is 0.275. The van der Waals surface area contributed by atoms with E-state index in [1.165, 1.54) is 12.7 Å². The Bertz CT molecular complexity index is 2570. The number of aromatic nitrogens is 4. The predicted molar refractivity (Wildman–Crippen MR) is 248 cm³/mol. The monoisotopic (exact) mass is 875 g/mol. The number of aliphatic hydroxyl groups is 1. The second-order valence-corrected chi connectivity index (χ2v) is 22.2. The van der Waals surface area contributed by atoms with Crippen LogP contribution in [-0.2, 0) is 13.9 Å². The Morgan fingerprint density at radius 3 is 1.80 bits per heavy atom. The van der Waals surface area contributed by atoms with Gasteiger partial charge in [-0.3, -0.25) is 14.2 Å². The Morgan fingerprint density at radius 1 is 0.750 bits per heavy atom. The van der Waals surface area contributed by atoms with Gasteiger partial charge in [-0.05, 0) is 71.2 Å². The summed E-state index contributed by atoms with van der Waals surface area (Å²) in [6.07, 6.45) is -1.50. The van der Waals surface area contributed by atoms with E-state index in [-0.39, 0.29) is 34.5 Å². The molecule has 1 fully saturated rings. The first-order valence-electron chi connectivity index (χ1n) is 21.4. The van der Waals surface area contributed by atoms with Crippen molar-refractivity contribution in [3.63, 3.8) is 0 Å². The zero-order valence-electron chi connectivity index (χ0n) is 36.8. The van der Waals surface area contributed by atoms with E-state index in [0.717, 1.165) is 27.3 Å². The molecular formula is C51H53N5O7Si. The van der Waals surface area contributed by atoms with Crippen molar-refractivity contribution >= 4 is 37.1 Å². The first-order valence-corrected chi connectivity index (χ1v) is 24.3. The van der Waals surface area contributed by atoms with Crippen LogP contribution in [0.1, 0.15) is 76.4 Å². The molecule has 328 valence electrons. The number of carbonyl (C=O) groups is 2. The number of anilines is 1. The number of hydrogen-bond donors (Lipinski definition) is 1. The van der Waals surface area contributed by atoms with E-state index in [2.05, 4.69) is 68.1 Å². The van der Waals surface area contributed by atoms with Crippen LogP contribution < -0.4 is 9.64 Å². The minimum absolute atomic E-state index is 0.000309. The van der Waals surface area contributed by atoms with Crippen molar-refractivity contribution in [3.05, 3.63) is 186 Å². The molecule has 0 radical (unpaired) electrons. The number of nitrogens with zero attached hydrogens (tertiary/aromatic N) is 5. The summed E-state index contributed by atoms with van der Waals surface area (Å²) in [6, 6.07) is 45.4. The molecule has 13 heteroatoms. The van der Waals surface area contributed by atoms with E-state index < -0.39 is 50.8 Å². The Labute approximate surface area is 374 Å². The zero-order chi connectivity index (χ0) is 45.0. The largest absolute Gasteiger partial charge is 0.497 e. The molecule has 1 saturated heterocycles. The smallest absolute Gasteiger partial charge is 0.266 e. The zero-order valence-corrected chi connectivity index (χ0v) is 37.8. The number of rotatable bonds is 14. The van der Waals surface area contributed by atoms with E-state index in [0.29, 0.717) is 11.1 Å². The molecule has 1 unspecified atom stereocenters. The van der Waals surface area contributed by atoms with Crippen molar-refractivity contribution in [2.24, 2.45) is 0 Å². The van der Waals surface area contributed by atoms with Crippen molar-refractivity contribution in [2.45, 2.75) is 75.5 Å².